The van der Waals surface area contributed by atoms with Crippen molar-refractivity contribution in [1.82, 2.24) is 10.3 Å². The van der Waals surface area contributed by atoms with Gasteiger partial charge < -0.3 is 16.4 Å². The molecule has 5 nitrogen and oxygen atoms in total. The van der Waals surface area contributed by atoms with Crippen LogP contribution in [0.3, 0.4) is 0 Å². The number of primary amides is 1. The van der Waals surface area contributed by atoms with Crippen LogP contribution in [0, 0.1) is 0 Å². The summed E-state index contributed by atoms with van der Waals surface area (Å²) in [5, 5.41) is 7.08. The van der Waals surface area contributed by atoms with Crippen molar-refractivity contribution in [2.24, 2.45) is 5.73 Å². The van der Waals surface area contributed by atoms with E-state index in [0.717, 1.165) is 25.2 Å². The zero-order valence-electron chi connectivity index (χ0n) is 11.0. The lowest BCUT2D eigenvalue weighted by Gasteiger charge is -2.48. The number of pyridine rings is 1. The highest BCUT2D eigenvalue weighted by molar-refractivity contribution is 5.93. The number of nitrogens with one attached hydrogen (secondary N) is 2. The van der Waals surface area contributed by atoms with Crippen LogP contribution in [0.5, 0.6) is 0 Å². The van der Waals surface area contributed by atoms with Crippen molar-refractivity contribution in [2.45, 2.75) is 43.7 Å². The molecule has 2 aliphatic rings. The van der Waals surface area contributed by atoms with Gasteiger partial charge in [0, 0.05) is 23.3 Å². The molecule has 4 N–H and O–H groups in total. The third kappa shape index (κ3) is 2.56. The quantitative estimate of drug-likeness (QED) is 0.764. The normalized spacial score (nSPS) is 24.7. The number of carbonyl (C=O) groups is 1. The van der Waals surface area contributed by atoms with Crippen LogP contribution in [-0.4, -0.2) is 29.0 Å². The zero-order valence-corrected chi connectivity index (χ0v) is 11.0. The summed E-state index contributed by atoms with van der Waals surface area (Å²) in [5.74, 6) is 0.337. The second-order valence-electron chi connectivity index (χ2n) is 5.69. The molecule has 1 saturated carbocycles. The van der Waals surface area contributed by atoms with Crippen LogP contribution in [0.2, 0.25) is 0 Å². The van der Waals surface area contributed by atoms with Crippen molar-refractivity contribution in [2.75, 3.05) is 11.9 Å². The lowest BCUT2D eigenvalue weighted by Crippen LogP contribution is -2.58. The molecule has 1 amide bonds. The van der Waals surface area contributed by atoms with Crippen LogP contribution < -0.4 is 16.4 Å². The second-order valence-corrected chi connectivity index (χ2v) is 5.69. The first-order chi connectivity index (χ1) is 9.17. The van der Waals surface area contributed by atoms with Crippen LogP contribution in [-0.2, 0) is 0 Å². The van der Waals surface area contributed by atoms with E-state index in [-0.39, 0.29) is 0 Å². The molecular weight excluding hydrogens is 240 g/mol. The summed E-state index contributed by atoms with van der Waals surface area (Å²) in [6.45, 7) is 1.05. The maximum absolute atomic E-state index is 11.2. The van der Waals surface area contributed by atoms with Crippen LogP contribution >= 0.6 is 0 Å². The highest BCUT2D eigenvalue weighted by Gasteiger charge is 2.40. The number of piperidine rings is 1. The molecule has 0 bridgehead atoms. The van der Waals surface area contributed by atoms with Crippen molar-refractivity contribution >= 4 is 11.7 Å². The summed E-state index contributed by atoms with van der Waals surface area (Å²) in [6.07, 6.45) is 7.73. The summed E-state index contributed by atoms with van der Waals surface area (Å²) in [4.78, 5) is 15.4. The lowest BCUT2D eigenvalue weighted by molar-refractivity contribution is 0.1000. The van der Waals surface area contributed by atoms with Gasteiger partial charge in [-0.05, 0) is 50.8 Å². The van der Waals surface area contributed by atoms with Gasteiger partial charge in [-0.25, -0.2) is 4.98 Å². The first-order valence-corrected chi connectivity index (χ1v) is 6.94. The van der Waals surface area contributed by atoms with E-state index < -0.39 is 5.91 Å². The highest BCUT2D eigenvalue weighted by atomic mass is 16.1. The molecule has 2 fully saturated rings. The van der Waals surface area contributed by atoms with Gasteiger partial charge in [-0.3, -0.25) is 4.79 Å². The molecule has 1 atom stereocenters. The van der Waals surface area contributed by atoms with Gasteiger partial charge in [0.25, 0.3) is 0 Å². The van der Waals surface area contributed by atoms with E-state index in [1.54, 1.807) is 18.3 Å². The Bertz CT molecular complexity index is 484. The van der Waals surface area contributed by atoms with Gasteiger partial charge in [-0.2, -0.15) is 0 Å². The molecule has 19 heavy (non-hydrogen) atoms. The molecule has 102 valence electrons. The first kappa shape index (κ1) is 12.4. The summed E-state index contributed by atoms with van der Waals surface area (Å²) in [6, 6.07) is 3.80. The number of carbonyl (C=O) groups excluding carboxylic acids is 1. The van der Waals surface area contributed by atoms with Gasteiger partial charge in [-0.1, -0.05) is 0 Å². The van der Waals surface area contributed by atoms with Crippen LogP contribution in [0.1, 0.15) is 42.5 Å². The first-order valence-electron chi connectivity index (χ1n) is 6.94. The molecule has 1 aliphatic carbocycles. The standard InChI is InChI=1S/C14H20N4O/c15-13(19)10-2-6-16-12(8-10)18-11-3-7-17-14(9-11)4-1-5-14/h2,6,8,11,17H,1,3-5,7,9H2,(H2,15,19)(H,16,18). The average Bonchev–Trinajstić information content (AvgIpc) is 2.37. The Hall–Kier alpha value is -1.62. The summed E-state index contributed by atoms with van der Waals surface area (Å²) in [5.41, 5.74) is 6.15. The van der Waals surface area contributed by atoms with Crippen molar-refractivity contribution in [3.63, 3.8) is 0 Å². The number of rotatable bonds is 3. The van der Waals surface area contributed by atoms with Gasteiger partial charge in [0.05, 0.1) is 0 Å². The van der Waals surface area contributed by atoms with E-state index in [1.807, 2.05) is 0 Å². The Balaban J connectivity index is 1.67. The maximum atomic E-state index is 11.2. The third-order valence-electron chi connectivity index (χ3n) is 4.34. The van der Waals surface area contributed by atoms with E-state index >= 15 is 0 Å². The predicted molar refractivity (Wildman–Crippen MR) is 74.0 cm³/mol. The number of amides is 1. The Kier molecular flexibility index (Phi) is 3.14. The molecule has 1 aliphatic heterocycles. The smallest absolute Gasteiger partial charge is 0.248 e. The van der Waals surface area contributed by atoms with Crippen molar-refractivity contribution in [3.8, 4) is 0 Å². The highest BCUT2D eigenvalue weighted by Crippen LogP contribution is 2.38. The number of hydrogen-bond acceptors (Lipinski definition) is 4. The molecule has 1 aromatic heterocycles. The fourth-order valence-corrected chi connectivity index (χ4v) is 3.14. The van der Waals surface area contributed by atoms with Crippen LogP contribution in [0.4, 0.5) is 5.82 Å². The monoisotopic (exact) mass is 260 g/mol. The summed E-state index contributed by atoms with van der Waals surface area (Å²) in [7, 11) is 0. The van der Waals surface area contributed by atoms with Crippen LogP contribution in [0.15, 0.2) is 18.3 Å². The zero-order chi connectivity index (χ0) is 13.3. The number of nitrogens with two attached hydrogens (primary N) is 1. The van der Waals surface area contributed by atoms with E-state index in [4.69, 9.17) is 5.73 Å². The fraction of sp³-hybridized carbons (Fsp3) is 0.571. The number of hydrogen-bond donors (Lipinski definition) is 3. The molecule has 1 aromatic rings. The minimum Gasteiger partial charge on any atom is -0.367 e. The molecule has 0 aromatic carbocycles. The number of nitrogens with zero attached hydrogens (tertiary/aromatic N) is 1. The lowest BCUT2D eigenvalue weighted by atomic mass is 9.70. The molecule has 5 heteroatoms. The SMILES string of the molecule is NC(=O)c1ccnc(NC2CCNC3(CCC3)C2)c1. The van der Waals surface area contributed by atoms with Gasteiger partial charge in [0.1, 0.15) is 5.82 Å². The molecule has 2 heterocycles. The predicted octanol–water partition coefficient (Wildman–Crippen LogP) is 1.27. The Morgan fingerprint density at radius 1 is 1.53 bits per heavy atom. The van der Waals surface area contributed by atoms with E-state index in [0.29, 0.717) is 17.1 Å². The Labute approximate surface area is 113 Å². The van der Waals surface area contributed by atoms with Crippen molar-refractivity contribution in [1.29, 1.82) is 0 Å². The summed E-state index contributed by atoms with van der Waals surface area (Å²) >= 11 is 0. The molecule has 0 radical (unpaired) electrons. The molecule has 3 rings (SSSR count). The minimum absolute atomic E-state index is 0.358. The van der Waals surface area contributed by atoms with Gasteiger partial charge in [0.15, 0.2) is 0 Å². The third-order valence-corrected chi connectivity index (χ3v) is 4.34. The van der Waals surface area contributed by atoms with Gasteiger partial charge >= 0.3 is 0 Å². The average molecular weight is 260 g/mol. The van der Waals surface area contributed by atoms with Crippen molar-refractivity contribution < 1.29 is 4.79 Å². The number of anilines is 1. The molecule has 1 saturated heterocycles. The topological polar surface area (TPSA) is 80.0 Å². The van der Waals surface area contributed by atoms with Crippen LogP contribution in [0.25, 0.3) is 0 Å². The Morgan fingerprint density at radius 3 is 3.05 bits per heavy atom. The Morgan fingerprint density at radius 2 is 2.37 bits per heavy atom. The molecular formula is C14H20N4O. The molecule has 1 unspecified atom stereocenters. The summed E-state index contributed by atoms with van der Waals surface area (Å²) < 4.78 is 0. The van der Waals surface area contributed by atoms with E-state index in [2.05, 4.69) is 15.6 Å². The largest absolute Gasteiger partial charge is 0.367 e. The molecule has 1 spiro atoms. The van der Waals surface area contributed by atoms with Gasteiger partial charge in [0.2, 0.25) is 5.91 Å². The van der Waals surface area contributed by atoms with E-state index in [9.17, 15) is 4.79 Å². The second kappa shape index (κ2) is 4.81. The maximum Gasteiger partial charge on any atom is 0.248 e. The van der Waals surface area contributed by atoms with Crippen molar-refractivity contribution in [3.05, 3.63) is 23.9 Å². The fourth-order valence-electron chi connectivity index (χ4n) is 3.14. The van der Waals surface area contributed by atoms with Gasteiger partial charge in [-0.15, -0.1) is 0 Å². The number of aromatic nitrogens is 1. The minimum atomic E-state index is -0.411. The van der Waals surface area contributed by atoms with E-state index in [1.165, 1.54) is 19.3 Å².